The minimum absolute atomic E-state index is 0.0785. The lowest BCUT2D eigenvalue weighted by atomic mass is 9.94. The van der Waals surface area contributed by atoms with Crippen molar-refractivity contribution < 1.29 is 9.18 Å². The van der Waals surface area contributed by atoms with E-state index >= 15 is 0 Å². The molecular weight excluding hydrogens is 363 g/mol. The second kappa shape index (κ2) is 9.49. The van der Waals surface area contributed by atoms with Crippen molar-refractivity contribution in [2.45, 2.75) is 52.5 Å². The molecule has 29 heavy (non-hydrogen) atoms. The topological polar surface area (TPSA) is 32.7 Å². The van der Waals surface area contributed by atoms with E-state index in [9.17, 15) is 9.18 Å². The summed E-state index contributed by atoms with van der Waals surface area (Å²) < 4.78 is 13.3. The number of halogens is 1. The molecule has 1 unspecified atom stereocenters. The van der Waals surface area contributed by atoms with E-state index in [0.717, 1.165) is 35.3 Å². The summed E-state index contributed by atoms with van der Waals surface area (Å²) in [7, 11) is 0. The van der Waals surface area contributed by atoms with E-state index in [4.69, 9.17) is 0 Å². The van der Waals surface area contributed by atoms with Crippen LogP contribution in [0.25, 0.3) is 5.57 Å². The predicted octanol–water partition coefficient (Wildman–Crippen LogP) is 5.97. The average molecular weight is 391 g/mol. The zero-order valence-corrected chi connectivity index (χ0v) is 17.3. The molecule has 4 heteroatoms. The van der Waals surface area contributed by atoms with E-state index in [2.05, 4.69) is 36.8 Å². The van der Waals surface area contributed by atoms with Crippen LogP contribution < -0.4 is 0 Å². The van der Waals surface area contributed by atoms with Gasteiger partial charge in [0.25, 0.3) is 0 Å². The highest BCUT2D eigenvalue weighted by Crippen LogP contribution is 2.29. The Labute approximate surface area is 172 Å². The van der Waals surface area contributed by atoms with Crippen molar-refractivity contribution in [3.05, 3.63) is 82.8 Å². The van der Waals surface area contributed by atoms with Crippen LogP contribution in [0.1, 0.15) is 57.6 Å². The van der Waals surface area contributed by atoms with Crippen LogP contribution in [0.15, 0.2) is 71.0 Å². The summed E-state index contributed by atoms with van der Waals surface area (Å²) in [5.41, 5.74) is 8.75. The van der Waals surface area contributed by atoms with Gasteiger partial charge in [0.05, 0.1) is 11.8 Å². The van der Waals surface area contributed by atoms with Gasteiger partial charge in [-0.1, -0.05) is 56.3 Å². The maximum absolute atomic E-state index is 13.3. The number of nitrogens with zero attached hydrogens (tertiary/aromatic N) is 2. The first kappa shape index (κ1) is 20.8. The number of carbonyl (C=O) groups excluding carboxylic acids is 1. The van der Waals surface area contributed by atoms with Crippen LogP contribution in [0, 0.1) is 5.82 Å². The zero-order chi connectivity index (χ0) is 20.8. The number of rotatable bonds is 6. The van der Waals surface area contributed by atoms with Crippen molar-refractivity contribution in [3.8, 4) is 0 Å². The van der Waals surface area contributed by atoms with Gasteiger partial charge in [0.15, 0.2) is 0 Å². The van der Waals surface area contributed by atoms with E-state index in [1.807, 2.05) is 18.2 Å². The zero-order valence-electron chi connectivity index (χ0n) is 17.3. The summed E-state index contributed by atoms with van der Waals surface area (Å²) >= 11 is 0. The van der Waals surface area contributed by atoms with E-state index in [0.29, 0.717) is 12.8 Å². The molecule has 0 aromatic heterocycles. The molecule has 1 aliphatic rings. The highest BCUT2D eigenvalue weighted by Gasteiger charge is 2.31. The van der Waals surface area contributed by atoms with Crippen molar-refractivity contribution in [3.63, 3.8) is 0 Å². The molecule has 150 valence electrons. The molecule has 0 spiro atoms. The monoisotopic (exact) mass is 390 g/mol. The molecule has 0 N–H and O–H groups in total. The number of benzene rings is 2. The van der Waals surface area contributed by atoms with Gasteiger partial charge < -0.3 is 0 Å². The van der Waals surface area contributed by atoms with Crippen LogP contribution in [0.2, 0.25) is 0 Å². The van der Waals surface area contributed by atoms with E-state index < -0.39 is 0 Å². The first-order chi connectivity index (χ1) is 14.0. The molecule has 3 rings (SSSR count). The summed E-state index contributed by atoms with van der Waals surface area (Å²) in [6.07, 6.45) is 3.20. The van der Waals surface area contributed by atoms with Gasteiger partial charge in [0.1, 0.15) is 5.82 Å². The standard InChI is InChI=1S/C25H27FN2O/c1-4-19(5-2)15-22(20-9-7-6-8-10-20)16-24-17-25(27-28(24)18(3)29)21-11-13-23(26)14-12-21/h6-14,24H,4-5,16-17H2,1-3H3. The maximum atomic E-state index is 13.3. The number of amides is 1. The molecular formula is C25H27FN2O. The van der Waals surface area contributed by atoms with Gasteiger partial charge in [0, 0.05) is 25.3 Å². The summed E-state index contributed by atoms with van der Waals surface area (Å²) in [6.45, 7) is 5.82. The Bertz CT molecular complexity index is 948. The van der Waals surface area contributed by atoms with E-state index in [-0.39, 0.29) is 17.8 Å². The smallest absolute Gasteiger partial charge is 0.239 e. The molecule has 1 amide bonds. The number of hydrogen-bond donors (Lipinski definition) is 0. The first-order valence-corrected chi connectivity index (χ1v) is 10.2. The fraction of sp³-hybridized carbons (Fsp3) is 0.320. The Morgan fingerprint density at radius 3 is 2.34 bits per heavy atom. The molecule has 1 aliphatic heterocycles. The summed E-state index contributed by atoms with van der Waals surface area (Å²) in [5.74, 6) is -0.367. The Hall–Kier alpha value is -2.97. The van der Waals surface area contributed by atoms with Gasteiger partial charge >= 0.3 is 0 Å². The van der Waals surface area contributed by atoms with Gasteiger partial charge in [-0.25, -0.2) is 9.40 Å². The van der Waals surface area contributed by atoms with Crippen LogP contribution in [0.4, 0.5) is 4.39 Å². The van der Waals surface area contributed by atoms with Gasteiger partial charge in [-0.2, -0.15) is 5.10 Å². The minimum atomic E-state index is -0.279. The van der Waals surface area contributed by atoms with Crippen LogP contribution in [-0.2, 0) is 4.79 Å². The van der Waals surface area contributed by atoms with E-state index in [1.165, 1.54) is 24.6 Å². The van der Waals surface area contributed by atoms with Crippen LogP contribution in [0.3, 0.4) is 0 Å². The lowest BCUT2D eigenvalue weighted by Gasteiger charge is -2.21. The van der Waals surface area contributed by atoms with Crippen molar-refractivity contribution >= 4 is 17.2 Å². The molecule has 2 aromatic rings. The molecule has 0 saturated heterocycles. The summed E-state index contributed by atoms with van der Waals surface area (Å²) in [5, 5.41) is 6.14. The van der Waals surface area contributed by atoms with Crippen molar-refractivity contribution in [2.75, 3.05) is 0 Å². The van der Waals surface area contributed by atoms with Crippen molar-refractivity contribution in [2.24, 2.45) is 5.10 Å². The second-order valence-corrected chi connectivity index (χ2v) is 7.26. The molecule has 2 aromatic carbocycles. The normalized spacial score (nSPS) is 15.7. The number of carbonyl (C=O) groups is 1. The van der Waals surface area contributed by atoms with Crippen LogP contribution >= 0.6 is 0 Å². The molecule has 0 bridgehead atoms. The molecule has 0 saturated carbocycles. The Balaban J connectivity index is 1.94. The fourth-order valence-electron chi connectivity index (χ4n) is 3.62. The largest absolute Gasteiger partial charge is 0.273 e. The first-order valence-electron chi connectivity index (χ1n) is 10.2. The number of hydrogen-bond acceptors (Lipinski definition) is 2. The maximum Gasteiger partial charge on any atom is 0.239 e. The SMILES string of the molecule is CCC(=C=C(CC1CC(c2ccc(F)cc2)=NN1C(C)=O)c1ccccc1)CC. The Morgan fingerprint density at radius 2 is 1.76 bits per heavy atom. The molecule has 0 fully saturated rings. The second-order valence-electron chi connectivity index (χ2n) is 7.26. The predicted molar refractivity (Wildman–Crippen MR) is 116 cm³/mol. The third kappa shape index (κ3) is 5.10. The third-order valence-corrected chi connectivity index (χ3v) is 5.25. The van der Waals surface area contributed by atoms with Gasteiger partial charge in [0.2, 0.25) is 5.91 Å². The van der Waals surface area contributed by atoms with Crippen molar-refractivity contribution in [1.82, 2.24) is 5.01 Å². The molecule has 1 heterocycles. The lowest BCUT2D eigenvalue weighted by Crippen LogP contribution is -2.31. The third-order valence-electron chi connectivity index (χ3n) is 5.25. The Kier molecular flexibility index (Phi) is 6.79. The minimum Gasteiger partial charge on any atom is -0.273 e. The quantitative estimate of drug-likeness (QED) is 0.559. The molecule has 1 atom stereocenters. The molecule has 3 nitrogen and oxygen atoms in total. The van der Waals surface area contributed by atoms with Gasteiger partial charge in [-0.05, 0) is 41.7 Å². The van der Waals surface area contributed by atoms with Gasteiger partial charge in [-0.15, -0.1) is 5.73 Å². The fourth-order valence-corrected chi connectivity index (χ4v) is 3.62. The average Bonchev–Trinajstić information content (AvgIpc) is 3.16. The lowest BCUT2D eigenvalue weighted by molar-refractivity contribution is -0.130. The summed E-state index contributed by atoms with van der Waals surface area (Å²) in [6, 6.07) is 16.4. The van der Waals surface area contributed by atoms with Crippen LogP contribution in [0.5, 0.6) is 0 Å². The number of hydrazone groups is 1. The highest BCUT2D eigenvalue weighted by molar-refractivity contribution is 6.03. The Morgan fingerprint density at radius 1 is 1.10 bits per heavy atom. The molecule has 0 radical (unpaired) electrons. The van der Waals surface area contributed by atoms with Crippen molar-refractivity contribution in [1.29, 1.82) is 0 Å². The van der Waals surface area contributed by atoms with E-state index in [1.54, 1.807) is 17.1 Å². The highest BCUT2D eigenvalue weighted by atomic mass is 19.1. The van der Waals surface area contributed by atoms with Crippen LogP contribution in [-0.4, -0.2) is 22.7 Å². The summed E-state index contributed by atoms with van der Waals surface area (Å²) in [4.78, 5) is 12.3. The van der Waals surface area contributed by atoms with Gasteiger partial charge in [-0.3, -0.25) is 4.79 Å². The molecule has 0 aliphatic carbocycles.